The predicted molar refractivity (Wildman–Crippen MR) is 64.8 cm³/mol. The fraction of sp³-hybridized carbons (Fsp3) is 0.0833. The molecule has 0 aliphatic carbocycles. The van der Waals surface area contributed by atoms with Crippen LogP contribution in [0.4, 0.5) is 0 Å². The van der Waals surface area contributed by atoms with Crippen molar-refractivity contribution in [1.82, 2.24) is 4.72 Å². The zero-order valence-electron chi connectivity index (χ0n) is 8.10. The normalized spacial score (nSPS) is 10.2. The van der Waals surface area contributed by atoms with Gasteiger partial charge in [-0.25, -0.2) is 0 Å². The third kappa shape index (κ3) is 2.13. The largest absolute Gasteiger partial charge is 0.302 e. The Morgan fingerprint density at radius 2 is 1.87 bits per heavy atom. The molecule has 0 unspecified atom stereocenters. The van der Waals surface area contributed by atoms with Gasteiger partial charge >= 0.3 is 0 Å². The number of hydrogen-bond donors (Lipinski definition) is 2. The van der Waals surface area contributed by atoms with Crippen molar-refractivity contribution in [3.63, 3.8) is 0 Å². The van der Waals surface area contributed by atoms with Crippen molar-refractivity contribution in [3.05, 3.63) is 48.0 Å². The first-order chi connectivity index (χ1) is 7.31. The predicted octanol–water partition coefficient (Wildman–Crippen LogP) is 2.34. The summed E-state index contributed by atoms with van der Waals surface area (Å²) in [5.41, 5.74) is 1.03. The smallest absolute Gasteiger partial charge is 0.234 e. The van der Waals surface area contributed by atoms with E-state index in [4.69, 9.17) is 0 Å². The van der Waals surface area contributed by atoms with Gasteiger partial charge in [0, 0.05) is 0 Å². The second-order valence-corrected chi connectivity index (χ2v) is 3.57. The van der Waals surface area contributed by atoms with E-state index in [-0.39, 0.29) is 5.91 Å². The van der Waals surface area contributed by atoms with Crippen LogP contribution in [-0.4, -0.2) is 5.91 Å². The number of carbonyl (C=O) groups is 1. The van der Waals surface area contributed by atoms with Gasteiger partial charge in [0.1, 0.15) is 0 Å². The maximum absolute atomic E-state index is 11.2. The van der Waals surface area contributed by atoms with Gasteiger partial charge in [-0.1, -0.05) is 55.3 Å². The molecule has 0 aromatic heterocycles. The average molecular weight is 217 g/mol. The summed E-state index contributed by atoms with van der Waals surface area (Å²) in [5, 5.41) is 2.28. The molecule has 0 bridgehead atoms. The molecule has 2 rings (SSSR count). The number of benzene rings is 2. The number of fused-ring (bicyclic) bond motifs is 1. The van der Waals surface area contributed by atoms with E-state index < -0.39 is 0 Å². The Labute approximate surface area is 93.8 Å². The van der Waals surface area contributed by atoms with Gasteiger partial charge in [0.05, 0.1) is 6.42 Å². The molecule has 2 nitrogen and oxygen atoms in total. The maximum atomic E-state index is 11.2. The van der Waals surface area contributed by atoms with Crippen LogP contribution in [-0.2, 0) is 11.2 Å². The molecular weight excluding hydrogens is 206 g/mol. The van der Waals surface area contributed by atoms with E-state index >= 15 is 0 Å². The Balaban J connectivity index is 2.46. The second kappa shape index (κ2) is 4.36. The zero-order valence-corrected chi connectivity index (χ0v) is 9.00. The number of thiol groups is 1. The van der Waals surface area contributed by atoms with Crippen LogP contribution in [0.25, 0.3) is 10.8 Å². The van der Waals surface area contributed by atoms with Crippen LogP contribution >= 0.6 is 12.8 Å². The molecule has 1 N–H and O–H groups in total. The topological polar surface area (TPSA) is 29.1 Å². The number of amides is 1. The van der Waals surface area contributed by atoms with Gasteiger partial charge in [0.25, 0.3) is 0 Å². The quantitative estimate of drug-likeness (QED) is 0.743. The summed E-state index contributed by atoms with van der Waals surface area (Å²) in [6, 6.07) is 14.0. The van der Waals surface area contributed by atoms with Crippen molar-refractivity contribution in [2.45, 2.75) is 6.42 Å². The SMILES string of the molecule is O=C(Cc1cccc2ccccc12)NS. The number of hydrogen-bond acceptors (Lipinski definition) is 2. The second-order valence-electron chi connectivity index (χ2n) is 3.35. The summed E-state index contributed by atoms with van der Waals surface area (Å²) in [6.45, 7) is 0. The highest BCUT2D eigenvalue weighted by atomic mass is 32.1. The van der Waals surface area contributed by atoms with Gasteiger partial charge in [0.15, 0.2) is 0 Å². The number of carbonyl (C=O) groups excluding carboxylic acids is 1. The lowest BCUT2D eigenvalue weighted by atomic mass is 10.0. The van der Waals surface area contributed by atoms with Crippen molar-refractivity contribution < 1.29 is 4.79 Å². The van der Waals surface area contributed by atoms with Crippen molar-refractivity contribution in [3.8, 4) is 0 Å². The van der Waals surface area contributed by atoms with Crippen LogP contribution in [0.1, 0.15) is 5.56 Å². The first kappa shape index (κ1) is 10.1. The van der Waals surface area contributed by atoms with E-state index in [0.29, 0.717) is 6.42 Å². The van der Waals surface area contributed by atoms with Crippen molar-refractivity contribution in [2.24, 2.45) is 0 Å². The summed E-state index contributed by atoms with van der Waals surface area (Å²) >= 11 is 3.74. The minimum Gasteiger partial charge on any atom is -0.302 e. The molecule has 0 aliphatic heterocycles. The van der Waals surface area contributed by atoms with Crippen LogP contribution in [0.15, 0.2) is 42.5 Å². The lowest BCUT2D eigenvalue weighted by Crippen LogP contribution is -2.15. The molecule has 0 atom stereocenters. The van der Waals surface area contributed by atoms with Crippen molar-refractivity contribution in [1.29, 1.82) is 0 Å². The minimum absolute atomic E-state index is 0.0883. The van der Waals surface area contributed by atoms with Crippen LogP contribution in [0.2, 0.25) is 0 Å². The van der Waals surface area contributed by atoms with Crippen LogP contribution in [0.5, 0.6) is 0 Å². The Morgan fingerprint density at radius 1 is 1.13 bits per heavy atom. The third-order valence-electron chi connectivity index (χ3n) is 2.36. The molecule has 0 fully saturated rings. The van der Waals surface area contributed by atoms with Crippen LogP contribution in [0.3, 0.4) is 0 Å². The third-order valence-corrected chi connectivity index (χ3v) is 2.61. The van der Waals surface area contributed by atoms with Gasteiger partial charge in [-0.3, -0.25) is 4.79 Å². The summed E-state index contributed by atoms with van der Waals surface area (Å²) in [4.78, 5) is 11.2. The molecule has 0 radical (unpaired) electrons. The van der Waals surface area contributed by atoms with E-state index in [1.165, 1.54) is 0 Å². The summed E-state index contributed by atoms with van der Waals surface area (Å²) in [5.74, 6) is -0.0883. The Morgan fingerprint density at radius 3 is 2.67 bits per heavy atom. The lowest BCUT2D eigenvalue weighted by molar-refractivity contribution is -0.118. The molecule has 0 saturated heterocycles. The monoisotopic (exact) mass is 217 g/mol. The molecule has 2 aromatic rings. The van der Waals surface area contributed by atoms with Crippen LogP contribution in [0, 0.1) is 0 Å². The van der Waals surface area contributed by atoms with E-state index in [9.17, 15) is 4.79 Å². The molecule has 0 saturated carbocycles. The number of rotatable bonds is 2. The highest BCUT2D eigenvalue weighted by Gasteiger charge is 2.04. The molecule has 76 valence electrons. The fourth-order valence-electron chi connectivity index (χ4n) is 1.66. The maximum Gasteiger partial charge on any atom is 0.234 e. The van der Waals surface area contributed by atoms with Crippen molar-refractivity contribution >= 4 is 29.5 Å². The van der Waals surface area contributed by atoms with E-state index in [2.05, 4.69) is 17.5 Å². The molecule has 1 amide bonds. The standard InChI is InChI=1S/C12H11NOS/c14-12(13-15)8-10-6-3-5-9-4-1-2-7-11(9)10/h1-7,15H,8H2,(H,13,14). The Bertz CT molecular complexity index is 490. The molecular formula is C12H11NOS. The zero-order chi connectivity index (χ0) is 10.7. The Kier molecular flexibility index (Phi) is 2.92. The van der Waals surface area contributed by atoms with Gasteiger partial charge in [-0.15, -0.1) is 0 Å². The molecule has 0 aliphatic rings. The van der Waals surface area contributed by atoms with E-state index in [1.807, 2.05) is 42.5 Å². The summed E-state index contributed by atoms with van der Waals surface area (Å²) < 4.78 is 2.33. The molecule has 3 heteroatoms. The highest BCUT2D eigenvalue weighted by Crippen LogP contribution is 2.18. The first-order valence-electron chi connectivity index (χ1n) is 4.71. The summed E-state index contributed by atoms with van der Waals surface area (Å²) in [7, 11) is 0. The summed E-state index contributed by atoms with van der Waals surface area (Å²) in [6.07, 6.45) is 0.366. The van der Waals surface area contributed by atoms with Gasteiger partial charge in [-0.2, -0.15) is 0 Å². The van der Waals surface area contributed by atoms with Gasteiger partial charge < -0.3 is 4.72 Å². The molecule has 0 spiro atoms. The molecule has 2 aromatic carbocycles. The lowest BCUT2D eigenvalue weighted by Gasteiger charge is -2.04. The molecule has 15 heavy (non-hydrogen) atoms. The average Bonchev–Trinajstić information content (AvgIpc) is 2.29. The van der Waals surface area contributed by atoms with Crippen molar-refractivity contribution in [2.75, 3.05) is 0 Å². The highest BCUT2D eigenvalue weighted by molar-refractivity contribution is 7.78. The minimum atomic E-state index is -0.0883. The van der Waals surface area contributed by atoms with E-state index in [0.717, 1.165) is 16.3 Å². The van der Waals surface area contributed by atoms with Gasteiger partial charge in [-0.05, 0) is 16.3 Å². The first-order valence-corrected chi connectivity index (χ1v) is 5.15. The van der Waals surface area contributed by atoms with E-state index in [1.54, 1.807) is 0 Å². The Hall–Kier alpha value is -1.48. The fourth-order valence-corrected chi connectivity index (χ4v) is 1.74. The van der Waals surface area contributed by atoms with Gasteiger partial charge in [0.2, 0.25) is 5.91 Å². The van der Waals surface area contributed by atoms with Crippen LogP contribution < -0.4 is 4.72 Å². The number of nitrogens with one attached hydrogen (secondary N) is 1. The molecule has 0 heterocycles.